The summed E-state index contributed by atoms with van der Waals surface area (Å²) in [5.74, 6) is 1.59. The third-order valence-corrected chi connectivity index (χ3v) is 7.37. The molecule has 5 nitrogen and oxygen atoms in total. The molecule has 174 valence electrons. The molecule has 0 saturated heterocycles. The van der Waals surface area contributed by atoms with Crippen molar-refractivity contribution in [3.63, 3.8) is 0 Å². The maximum atomic E-state index is 13.3. The largest absolute Gasteiger partial charge is 0.491 e. The SMILES string of the molecule is CC[C@H](C)CN(CC(=O)N1CCc2sccc2[C@@H]1COc1ccc(C(C)C)cc1)C(C)=O. The Kier molecular flexibility index (Phi) is 8.35. The highest BCUT2D eigenvalue weighted by Crippen LogP contribution is 2.34. The predicted molar refractivity (Wildman–Crippen MR) is 130 cm³/mol. The summed E-state index contributed by atoms with van der Waals surface area (Å²) < 4.78 is 6.15. The van der Waals surface area contributed by atoms with Crippen molar-refractivity contribution in [3.05, 3.63) is 51.7 Å². The van der Waals surface area contributed by atoms with Crippen molar-refractivity contribution in [2.24, 2.45) is 5.92 Å². The average Bonchev–Trinajstić information content (AvgIpc) is 3.26. The van der Waals surface area contributed by atoms with Crippen molar-refractivity contribution >= 4 is 23.2 Å². The molecule has 1 aliphatic rings. The van der Waals surface area contributed by atoms with Crippen LogP contribution in [0.1, 0.15) is 69.0 Å². The highest BCUT2D eigenvalue weighted by Gasteiger charge is 2.33. The van der Waals surface area contributed by atoms with Crippen molar-refractivity contribution in [1.82, 2.24) is 9.80 Å². The summed E-state index contributed by atoms with van der Waals surface area (Å²) in [7, 11) is 0. The Morgan fingerprint density at radius 2 is 1.91 bits per heavy atom. The lowest BCUT2D eigenvalue weighted by Crippen LogP contribution is -2.48. The molecule has 0 fully saturated rings. The highest BCUT2D eigenvalue weighted by molar-refractivity contribution is 7.10. The molecule has 1 aromatic carbocycles. The highest BCUT2D eigenvalue weighted by atomic mass is 32.1. The van der Waals surface area contributed by atoms with E-state index in [0.717, 1.165) is 18.6 Å². The van der Waals surface area contributed by atoms with Crippen molar-refractivity contribution in [3.8, 4) is 5.75 Å². The van der Waals surface area contributed by atoms with Crippen LogP contribution in [0.25, 0.3) is 0 Å². The van der Waals surface area contributed by atoms with Crippen LogP contribution < -0.4 is 4.74 Å². The molecule has 2 amide bonds. The van der Waals surface area contributed by atoms with Crippen LogP contribution in [-0.2, 0) is 16.0 Å². The first kappa shape index (κ1) is 24.3. The minimum absolute atomic E-state index is 0.0101. The normalized spacial score (nSPS) is 16.6. The number of fused-ring (bicyclic) bond motifs is 1. The fraction of sp³-hybridized carbons (Fsp3) is 0.538. The van der Waals surface area contributed by atoms with Crippen molar-refractivity contribution in [1.29, 1.82) is 0 Å². The lowest BCUT2D eigenvalue weighted by atomic mass is 10.00. The van der Waals surface area contributed by atoms with E-state index in [2.05, 4.69) is 51.3 Å². The van der Waals surface area contributed by atoms with Crippen LogP contribution in [-0.4, -0.2) is 47.9 Å². The van der Waals surface area contributed by atoms with Crippen LogP contribution in [0.15, 0.2) is 35.7 Å². The van der Waals surface area contributed by atoms with Gasteiger partial charge in [-0.05, 0) is 53.0 Å². The first-order valence-electron chi connectivity index (χ1n) is 11.6. The van der Waals surface area contributed by atoms with Gasteiger partial charge >= 0.3 is 0 Å². The molecule has 0 spiro atoms. The smallest absolute Gasteiger partial charge is 0.242 e. The van der Waals surface area contributed by atoms with Gasteiger partial charge in [-0.25, -0.2) is 0 Å². The molecule has 2 aromatic rings. The number of hydrogen-bond acceptors (Lipinski definition) is 4. The maximum Gasteiger partial charge on any atom is 0.242 e. The minimum atomic E-state index is -0.139. The summed E-state index contributed by atoms with van der Waals surface area (Å²) in [6.45, 7) is 11.9. The molecular weight excluding hydrogens is 420 g/mol. The topological polar surface area (TPSA) is 49.9 Å². The summed E-state index contributed by atoms with van der Waals surface area (Å²) in [6, 6.07) is 10.2. The number of carbonyl (C=O) groups is 2. The van der Waals surface area contributed by atoms with E-state index < -0.39 is 0 Å². The van der Waals surface area contributed by atoms with Gasteiger partial charge in [0.05, 0.1) is 12.6 Å². The first-order chi connectivity index (χ1) is 15.3. The fourth-order valence-corrected chi connectivity index (χ4v) is 4.99. The number of rotatable bonds is 9. The zero-order valence-electron chi connectivity index (χ0n) is 20.0. The van der Waals surface area contributed by atoms with E-state index >= 15 is 0 Å². The minimum Gasteiger partial charge on any atom is -0.491 e. The van der Waals surface area contributed by atoms with Crippen LogP contribution in [0, 0.1) is 5.92 Å². The molecule has 0 saturated carbocycles. The van der Waals surface area contributed by atoms with Crippen molar-refractivity contribution < 1.29 is 14.3 Å². The first-order valence-corrected chi connectivity index (χ1v) is 12.5. The quantitative estimate of drug-likeness (QED) is 0.516. The van der Waals surface area contributed by atoms with E-state index in [0.29, 0.717) is 31.5 Å². The number of carbonyl (C=O) groups excluding carboxylic acids is 2. The lowest BCUT2D eigenvalue weighted by Gasteiger charge is -2.37. The molecule has 3 rings (SSSR count). The number of thiophene rings is 1. The Morgan fingerprint density at radius 1 is 1.19 bits per heavy atom. The van der Waals surface area contributed by atoms with Gasteiger partial charge in [0.25, 0.3) is 0 Å². The van der Waals surface area contributed by atoms with E-state index in [4.69, 9.17) is 4.74 Å². The van der Waals surface area contributed by atoms with Crippen LogP contribution in [0.4, 0.5) is 0 Å². The third-order valence-electron chi connectivity index (χ3n) is 6.37. The number of amides is 2. The van der Waals surface area contributed by atoms with Gasteiger partial charge in [-0.1, -0.05) is 46.2 Å². The lowest BCUT2D eigenvalue weighted by molar-refractivity contribution is -0.142. The molecule has 1 aromatic heterocycles. The summed E-state index contributed by atoms with van der Waals surface area (Å²) >= 11 is 1.74. The van der Waals surface area contributed by atoms with Gasteiger partial charge in [0, 0.05) is 24.9 Å². The molecule has 32 heavy (non-hydrogen) atoms. The predicted octanol–water partition coefficient (Wildman–Crippen LogP) is 5.27. The summed E-state index contributed by atoms with van der Waals surface area (Å²) in [5, 5.41) is 2.09. The molecule has 1 aliphatic heterocycles. The fourth-order valence-electron chi connectivity index (χ4n) is 4.06. The molecule has 2 heterocycles. The van der Waals surface area contributed by atoms with E-state index in [-0.39, 0.29) is 24.4 Å². The second kappa shape index (κ2) is 11.0. The Bertz CT molecular complexity index is 906. The van der Waals surface area contributed by atoms with Gasteiger partial charge in [0.2, 0.25) is 11.8 Å². The Labute approximate surface area is 196 Å². The van der Waals surface area contributed by atoms with Gasteiger partial charge in [0.1, 0.15) is 12.4 Å². The Hall–Kier alpha value is -2.34. The van der Waals surface area contributed by atoms with E-state index in [1.54, 1.807) is 23.2 Å². The van der Waals surface area contributed by atoms with Gasteiger partial charge in [0.15, 0.2) is 0 Å². The second-order valence-corrected chi connectivity index (χ2v) is 10.1. The van der Waals surface area contributed by atoms with E-state index in [1.807, 2.05) is 17.0 Å². The maximum absolute atomic E-state index is 13.3. The number of nitrogens with zero attached hydrogens (tertiary/aromatic N) is 2. The molecule has 6 heteroatoms. The second-order valence-electron chi connectivity index (χ2n) is 9.10. The van der Waals surface area contributed by atoms with Gasteiger partial charge in [-0.2, -0.15) is 0 Å². The molecule has 0 bridgehead atoms. The van der Waals surface area contributed by atoms with Crippen LogP contribution in [0.3, 0.4) is 0 Å². The molecule has 0 unspecified atom stereocenters. The number of ether oxygens (including phenoxy) is 1. The molecule has 0 aliphatic carbocycles. The van der Waals surface area contributed by atoms with Crippen LogP contribution in [0.5, 0.6) is 5.75 Å². The molecule has 0 N–H and O–H groups in total. The zero-order valence-corrected chi connectivity index (χ0v) is 20.8. The van der Waals surface area contributed by atoms with Gasteiger partial charge < -0.3 is 14.5 Å². The summed E-state index contributed by atoms with van der Waals surface area (Å²) in [6.07, 6.45) is 1.83. The molecule has 2 atom stereocenters. The Morgan fingerprint density at radius 3 is 2.53 bits per heavy atom. The molecular formula is C26H36N2O3S. The standard InChI is InChI=1S/C26H36N2O3S/c1-6-19(4)15-27(20(5)29)16-26(30)28-13-11-25-23(12-14-32-25)24(28)17-31-22-9-7-21(8-10-22)18(2)3/h7-10,12,14,18-19,24H,6,11,13,15-17H2,1-5H3/t19-,24-/m0/s1. The Balaban J connectivity index is 1.73. The number of hydrogen-bond donors (Lipinski definition) is 0. The van der Waals surface area contributed by atoms with E-state index in [1.165, 1.54) is 16.0 Å². The summed E-state index contributed by atoms with van der Waals surface area (Å²) in [5.41, 5.74) is 2.45. The van der Waals surface area contributed by atoms with Gasteiger partial charge in [-0.15, -0.1) is 11.3 Å². The number of benzene rings is 1. The van der Waals surface area contributed by atoms with Crippen LogP contribution >= 0.6 is 11.3 Å². The van der Waals surface area contributed by atoms with Crippen molar-refractivity contribution in [2.75, 3.05) is 26.2 Å². The van der Waals surface area contributed by atoms with Crippen LogP contribution in [0.2, 0.25) is 0 Å². The molecule has 0 radical (unpaired) electrons. The average molecular weight is 457 g/mol. The monoisotopic (exact) mass is 456 g/mol. The summed E-state index contributed by atoms with van der Waals surface area (Å²) in [4.78, 5) is 30.4. The van der Waals surface area contributed by atoms with Crippen molar-refractivity contribution in [2.45, 2.75) is 59.4 Å². The third kappa shape index (κ3) is 5.91. The van der Waals surface area contributed by atoms with E-state index in [9.17, 15) is 9.59 Å². The zero-order chi connectivity index (χ0) is 23.3. The van der Waals surface area contributed by atoms with Gasteiger partial charge in [-0.3, -0.25) is 9.59 Å².